The van der Waals surface area contributed by atoms with Gasteiger partial charge in [0.2, 0.25) is 11.8 Å². The highest BCUT2D eigenvalue weighted by Gasteiger charge is 2.66. The van der Waals surface area contributed by atoms with Crippen molar-refractivity contribution in [3.8, 4) is 0 Å². The van der Waals surface area contributed by atoms with Gasteiger partial charge in [0.1, 0.15) is 12.1 Å². The van der Waals surface area contributed by atoms with Gasteiger partial charge in [-0.1, -0.05) is 18.2 Å². The molecular formula is C28H36N6O3. The first kappa shape index (κ1) is 24.2. The fraction of sp³-hybridized carbons (Fsp3) is 0.571. The number of benzene rings is 1. The summed E-state index contributed by atoms with van der Waals surface area (Å²) in [4.78, 5) is 47.4. The summed E-state index contributed by atoms with van der Waals surface area (Å²) in [7, 11) is 0. The summed E-state index contributed by atoms with van der Waals surface area (Å²) in [6.45, 7) is 7.04. The predicted molar refractivity (Wildman–Crippen MR) is 139 cm³/mol. The summed E-state index contributed by atoms with van der Waals surface area (Å²) in [5.41, 5.74) is 2.82. The van der Waals surface area contributed by atoms with Crippen LogP contribution in [0, 0.1) is 19.8 Å². The Morgan fingerprint density at radius 1 is 1.08 bits per heavy atom. The monoisotopic (exact) mass is 504 g/mol. The molecule has 1 aromatic carbocycles. The molecule has 196 valence electrons. The molecule has 3 saturated heterocycles. The van der Waals surface area contributed by atoms with Crippen LogP contribution in [0.2, 0.25) is 0 Å². The Bertz CT molecular complexity index is 1240. The molecule has 2 aromatic rings. The van der Waals surface area contributed by atoms with Crippen LogP contribution in [0.1, 0.15) is 49.1 Å². The Labute approximate surface area is 217 Å². The number of amides is 3. The summed E-state index contributed by atoms with van der Waals surface area (Å²) in [6.07, 6.45) is 4.16. The van der Waals surface area contributed by atoms with Crippen molar-refractivity contribution in [2.75, 3.05) is 37.6 Å². The minimum Gasteiger partial charge on any atom is -0.356 e. The summed E-state index contributed by atoms with van der Waals surface area (Å²) < 4.78 is 1.75. The third-order valence-corrected chi connectivity index (χ3v) is 8.79. The van der Waals surface area contributed by atoms with E-state index in [-0.39, 0.29) is 30.3 Å². The van der Waals surface area contributed by atoms with Crippen LogP contribution in [0.5, 0.6) is 0 Å². The van der Waals surface area contributed by atoms with E-state index in [4.69, 9.17) is 0 Å². The van der Waals surface area contributed by atoms with Gasteiger partial charge < -0.3 is 15.1 Å². The fourth-order valence-corrected chi connectivity index (χ4v) is 7.23. The number of para-hydroxylation sites is 1. The Morgan fingerprint density at radius 3 is 2.70 bits per heavy atom. The second-order valence-electron chi connectivity index (χ2n) is 11.0. The predicted octanol–water partition coefficient (Wildman–Crippen LogP) is 1.96. The molecule has 2 bridgehead atoms. The van der Waals surface area contributed by atoms with Crippen LogP contribution in [-0.4, -0.2) is 76.1 Å². The van der Waals surface area contributed by atoms with Crippen molar-refractivity contribution in [2.45, 2.75) is 64.1 Å². The number of anilines is 1. The lowest BCUT2D eigenvalue weighted by Crippen LogP contribution is -2.56. The van der Waals surface area contributed by atoms with Gasteiger partial charge in [-0.15, -0.1) is 0 Å². The largest absolute Gasteiger partial charge is 0.356 e. The van der Waals surface area contributed by atoms with Crippen LogP contribution < -0.4 is 10.2 Å². The van der Waals surface area contributed by atoms with Crippen LogP contribution in [0.3, 0.4) is 0 Å². The van der Waals surface area contributed by atoms with E-state index in [2.05, 4.69) is 15.3 Å². The average molecular weight is 505 g/mol. The first-order chi connectivity index (χ1) is 17.9. The molecule has 0 aliphatic carbocycles. The summed E-state index contributed by atoms with van der Waals surface area (Å²) in [6, 6.07) is 10.2. The van der Waals surface area contributed by atoms with Crippen molar-refractivity contribution in [1.29, 1.82) is 0 Å². The SMILES string of the molecule is Cc1cc(C)n(CC(=O)N2CCCNC(=O)[C@@H]3C[C@@H]4CCCN4[C@@]34C(=O)N(CCC2)c2ccccc24)n1. The number of nitrogens with one attached hydrogen (secondary N) is 1. The van der Waals surface area contributed by atoms with Crippen LogP contribution in [0.4, 0.5) is 5.69 Å². The lowest BCUT2D eigenvalue weighted by Gasteiger charge is -2.37. The fourth-order valence-electron chi connectivity index (χ4n) is 7.23. The maximum Gasteiger partial charge on any atom is 0.253 e. The summed E-state index contributed by atoms with van der Waals surface area (Å²) in [5.74, 6) is -0.410. The van der Waals surface area contributed by atoms with Crippen molar-refractivity contribution in [3.63, 3.8) is 0 Å². The number of carbonyl (C=O) groups is 3. The standard InChI is InChI=1S/C28H36N6O3/c1-19-16-20(2)34(30-19)18-25(35)31-12-6-11-29-26(36)23-17-21-8-5-15-33(21)28(23)22-9-3-4-10-24(22)32(27(28)37)14-7-13-31/h3-4,9-10,16,21,23H,5-8,11-15,17-18H2,1-2H3,(H,29,36)/t21-,23-,28+/m0/s1. The molecule has 0 saturated carbocycles. The van der Waals surface area contributed by atoms with Crippen LogP contribution in [0.15, 0.2) is 30.3 Å². The molecule has 5 heterocycles. The van der Waals surface area contributed by atoms with Gasteiger partial charge in [0, 0.05) is 49.2 Å². The van der Waals surface area contributed by atoms with Gasteiger partial charge in [-0.3, -0.25) is 24.0 Å². The van der Waals surface area contributed by atoms with Gasteiger partial charge in [0.15, 0.2) is 0 Å². The third kappa shape index (κ3) is 3.77. The number of aryl methyl sites for hydroxylation is 2. The Kier molecular flexibility index (Phi) is 6.06. The molecule has 1 spiro atoms. The quantitative estimate of drug-likeness (QED) is 0.675. The molecule has 3 amide bonds. The molecule has 4 aliphatic rings. The Hall–Kier alpha value is -3.20. The van der Waals surface area contributed by atoms with E-state index in [0.29, 0.717) is 45.4 Å². The second kappa shape index (κ2) is 9.28. The molecule has 9 nitrogen and oxygen atoms in total. The third-order valence-electron chi connectivity index (χ3n) is 8.79. The number of aromatic nitrogens is 2. The Morgan fingerprint density at radius 2 is 1.89 bits per heavy atom. The second-order valence-corrected chi connectivity index (χ2v) is 11.0. The van der Waals surface area contributed by atoms with E-state index in [0.717, 1.165) is 42.0 Å². The van der Waals surface area contributed by atoms with E-state index in [9.17, 15) is 14.4 Å². The van der Waals surface area contributed by atoms with Gasteiger partial charge in [-0.05, 0) is 64.6 Å². The number of carbonyl (C=O) groups excluding carboxylic acids is 3. The molecule has 3 fully saturated rings. The van der Waals surface area contributed by atoms with Gasteiger partial charge >= 0.3 is 0 Å². The van der Waals surface area contributed by atoms with Crippen molar-refractivity contribution in [2.24, 2.45) is 5.92 Å². The molecule has 1 N–H and O–H groups in total. The first-order valence-electron chi connectivity index (χ1n) is 13.7. The van der Waals surface area contributed by atoms with Gasteiger partial charge in [0.25, 0.3) is 5.91 Å². The van der Waals surface area contributed by atoms with Gasteiger partial charge in [-0.2, -0.15) is 5.10 Å². The van der Waals surface area contributed by atoms with E-state index in [1.165, 1.54) is 0 Å². The normalized spacial score (nSPS) is 28.2. The first-order valence-corrected chi connectivity index (χ1v) is 13.7. The maximum atomic E-state index is 14.4. The van der Waals surface area contributed by atoms with E-state index >= 15 is 0 Å². The average Bonchev–Trinajstić information content (AvgIpc) is 3.60. The van der Waals surface area contributed by atoms with Gasteiger partial charge in [0.05, 0.1) is 11.6 Å². The smallest absolute Gasteiger partial charge is 0.253 e. The van der Waals surface area contributed by atoms with E-state index in [1.54, 1.807) is 4.68 Å². The van der Waals surface area contributed by atoms with Crippen molar-refractivity contribution in [1.82, 2.24) is 24.9 Å². The zero-order chi connectivity index (χ0) is 25.7. The molecule has 37 heavy (non-hydrogen) atoms. The Balaban J connectivity index is 1.30. The zero-order valence-corrected chi connectivity index (χ0v) is 21.8. The highest BCUT2D eigenvalue weighted by atomic mass is 16.2. The molecule has 1 aromatic heterocycles. The van der Waals surface area contributed by atoms with Crippen LogP contribution >= 0.6 is 0 Å². The molecule has 4 aliphatic heterocycles. The molecule has 0 unspecified atom stereocenters. The highest BCUT2D eigenvalue weighted by molar-refractivity contribution is 6.10. The summed E-state index contributed by atoms with van der Waals surface area (Å²) >= 11 is 0. The van der Waals surface area contributed by atoms with Gasteiger partial charge in [-0.25, -0.2) is 0 Å². The number of nitrogens with zero attached hydrogens (tertiary/aromatic N) is 5. The number of hydrogen-bond acceptors (Lipinski definition) is 5. The highest BCUT2D eigenvalue weighted by Crippen LogP contribution is 2.57. The minimum absolute atomic E-state index is 0.00814. The van der Waals surface area contributed by atoms with Crippen molar-refractivity contribution in [3.05, 3.63) is 47.3 Å². The van der Waals surface area contributed by atoms with Crippen molar-refractivity contribution >= 4 is 23.4 Å². The summed E-state index contributed by atoms with van der Waals surface area (Å²) in [5, 5.41) is 7.59. The van der Waals surface area contributed by atoms with E-state index < -0.39 is 11.5 Å². The number of rotatable bonds is 2. The number of hydrogen-bond donors (Lipinski definition) is 1. The maximum absolute atomic E-state index is 14.4. The minimum atomic E-state index is -0.916. The molecule has 3 atom stereocenters. The number of fused-ring (bicyclic) bond motifs is 4. The van der Waals surface area contributed by atoms with E-state index in [1.807, 2.05) is 54.0 Å². The lowest BCUT2D eigenvalue weighted by molar-refractivity contribution is -0.138. The lowest BCUT2D eigenvalue weighted by atomic mass is 9.78. The molecule has 0 radical (unpaired) electrons. The van der Waals surface area contributed by atoms with Crippen LogP contribution in [-0.2, 0) is 26.5 Å². The zero-order valence-electron chi connectivity index (χ0n) is 21.8. The van der Waals surface area contributed by atoms with Crippen molar-refractivity contribution < 1.29 is 14.4 Å². The molecule has 9 heteroatoms. The topological polar surface area (TPSA) is 90.8 Å². The molecular weight excluding hydrogens is 468 g/mol. The molecule has 6 rings (SSSR count). The van der Waals surface area contributed by atoms with Crippen LogP contribution in [0.25, 0.3) is 0 Å².